The van der Waals surface area contributed by atoms with E-state index in [1.807, 2.05) is 12.1 Å². The van der Waals surface area contributed by atoms with Gasteiger partial charge < -0.3 is 10.6 Å². The molecule has 19 heavy (non-hydrogen) atoms. The van der Waals surface area contributed by atoms with Gasteiger partial charge in [-0.05, 0) is 31.9 Å². The second-order valence-corrected chi connectivity index (χ2v) is 5.96. The highest BCUT2D eigenvalue weighted by molar-refractivity contribution is 6.42. The van der Waals surface area contributed by atoms with Crippen molar-refractivity contribution in [3.05, 3.63) is 33.8 Å². The van der Waals surface area contributed by atoms with Crippen molar-refractivity contribution < 1.29 is 0 Å². The molecule has 1 aliphatic rings. The Labute approximate surface area is 124 Å². The van der Waals surface area contributed by atoms with Crippen molar-refractivity contribution in [3.8, 4) is 0 Å². The van der Waals surface area contributed by atoms with Crippen LogP contribution in [0.2, 0.25) is 10.0 Å². The Kier molecular flexibility index (Phi) is 3.98. The summed E-state index contributed by atoms with van der Waals surface area (Å²) in [6, 6.07) is 6.01. The van der Waals surface area contributed by atoms with Crippen LogP contribution in [0.4, 0.5) is 0 Å². The first kappa shape index (κ1) is 14.5. The molecule has 0 aliphatic carbocycles. The fourth-order valence-electron chi connectivity index (χ4n) is 2.67. The number of rotatable bonds is 3. The Morgan fingerprint density at radius 3 is 2.79 bits per heavy atom. The van der Waals surface area contributed by atoms with Crippen molar-refractivity contribution in [1.82, 2.24) is 4.90 Å². The molecule has 0 bridgehead atoms. The molecule has 2 N–H and O–H groups in total. The number of nitrogens with two attached hydrogens (primary N) is 1. The van der Waals surface area contributed by atoms with Crippen LogP contribution in [-0.2, 0) is 5.54 Å². The van der Waals surface area contributed by atoms with Gasteiger partial charge in [-0.3, -0.25) is 4.99 Å². The molecule has 0 radical (unpaired) electrons. The molecule has 1 heterocycles. The van der Waals surface area contributed by atoms with Gasteiger partial charge in [0.15, 0.2) is 5.96 Å². The minimum Gasteiger partial charge on any atom is -0.370 e. The molecule has 2 unspecified atom stereocenters. The maximum absolute atomic E-state index is 6.37. The SMILES string of the molecule is CCC(C)N1C(N)=NCC1(C)c1cccc(Cl)c1Cl. The Morgan fingerprint density at radius 2 is 2.16 bits per heavy atom. The van der Waals surface area contributed by atoms with Crippen molar-refractivity contribution in [1.29, 1.82) is 0 Å². The summed E-state index contributed by atoms with van der Waals surface area (Å²) in [7, 11) is 0. The minimum absolute atomic E-state index is 0.297. The Morgan fingerprint density at radius 1 is 1.47 bits per heavy atom. The summed E-state index contributed by atoms with van der Waals surface area (Å²) in [5, 5.41) is 1.15. The van der Waals surface area contributed by atoms with Gasteiger partial charge in [-0.2, -0.15) is 0 Å². The number of guanidine groups is 1. The van der Waals surface area contributed by atoms with Gasteiger partial charge in [0, 0.05) is 6.04 Å². The number of nitrogens with zero attached hydrogens (tertiary/aromatic N) is 2. The summed E-state index contributed by atoms with van der Waals surface area (Å²) in [6.07, 6.45) is 0.990. The molecule has 0 amide bonds. The fourth-order valence-corrected chi connectivity index (χ4v) is 3.17. The van der Waals surface area contributed by atoms with Crippen LogP contribution < -0.4 is 5.73 Å². The maximum atomic E-state index is 6.37. The molecule has 104 valence electrons. The van der Waals surface area contributed by atoms with Crippen LogP contribution >= 0.6 is 23.2 Å². The Hall–Kier alpha value is -0.930. The van der Waals surface area contributed by atoms with Crippen molar-refractivity contribution in [2.45, 2.75) is 38.8 Å². The third kappa shape index (κ3) is 2.30. The largest absolute Gasteiger partial charge is 0.370 e. The van der Waals surface area contributed by atoms with Crippen LogP contribution in [0.1, 0.15) is 32.8 Å². The second-order valence-electron chi connectivity index (χ2n) is 5.18. The zero-order valence-electron chi connectivity index (χ0n) is 11.5. The maximum Gasteiger partial charge on any atom is 0.192 e. The third-order valence-corrected chi connectivity index (χ3v) is 4.71. The molecule has 0 aromatic heterocycles. The van der Waals surface area contributed by atoms with Crippen molar-refractivity contribution >= 4 is 29.2 Å². The van der Waals surface area contributed by atoms with E-state index in [4.69, 9.17) is 28.9 Å². The molecule has 0 saturated heterocycles. The van der Waals surface area contributed by atoms with E-state index < -0.39 is 0 Å². The van der Waals surface area contributed by atoms with Gasteiger partial charge in [0.25, 0.3) is 0 Å². The molecule has 2 rings (SSSR count). The van der Waals surface area contributed by atoms with E-state index in [0.29, 0.717) is 28.6 Å². The predicted octanol–water partition coefficient (Wildman–Crippen LogP) is 3.64. The lowest BCUT2D eigenvalue weighted by atomic mass is 9.89. The molecule has 0 fully saturated rings. The van der Waals surface area contributed by atoms with Crippen LogP contribution in [0.15, 0.2) is 23.2 Å². The first-order valence-corrected chi connectivity index (χ1v) is 7.21. The number of aliphatic imine (C=N–C) groups is 1. The average Bonchev–Trinajstić information content (AvgIpc) is 2.69. The van der Waals surface area contributed by atoms with Gasteiger partial charge >= 0.3 is 0 Å². The van der Waals surface area contributed by atoms with Crippen LogP contribution in [0.3, 0.4) is 0 Å². The van der Waals surface area contributed by atoms with Crippen LogP contribution in [0, 0.1) is 0 Å². The standard InChI is InChI=1S/C14H19Cl2N3/c1-4-9(2)19-13(17)18-8-14(19,3)10-6-5-7-11(15)12(10)16/h5-7,9H,4,8H2,1-3H3,(H2,17,18). The van der Waals surface area contributed by atoms with Gasteiger partial charge in [0.2, 0.25) is 0 Å². The van der Waals surface area contributed by atoms with E-state index >= 15 is 0 Å². The van der Waals surface area contributed by atoms with Gasteiger partial charge in [-0.1, -0.05) is 42.3 Å². The van der Waals surface area contributed by atoms with Gasteiger partial charge in [0.05, 0.1) is 22.1 Å². The Balaban J connectivity index is 2.50. The van der Waals surface area contributed by atoms with Crippen molar-refractivity contribution in [2.75, 3.05) is 6.54 Å². The zero-order valence-corrected chi connectivity index (χ0v) is 13.0. The highest BCUT2D eigenvalue weighted by Crippen LogP contribution is 2.40. The summed E-state index contributed by atoms with van der Waals surface area (Å²) < 4.78 is 0. The highest BCUT2D eigenvalue weighted by Gasteiger charge is 2.42. The van der Waals surface area contributed by atoms with Crippen LogP contribution in [0.25, 0.3) is 0 Å². The number of hydrogen-bond donors (Lipinski definition) is 1. The predicted molar refractivity (Wildman–Crippen MR) is 81.9 cm³/mol. The summed E-state index contributed by atoms with van der Waals surface area (Å²) >= 11 is 12.5. The fraction of sp³-hybridized carbons (Fsp3) is 0.500. The van der Waals surface area contributed by atoms with E-state index in [2.05, 4.69) is 30.7 Å². The molecule has 1 aliphatic heterocycles. The van der Waals surface area contributed by atoms with E-state index in [1.54, 1.807) is 6.07 Å². The monoisotopic (exact) mass is 299 g/mol. The van der Waals surface area contributed by atoms with Crippen molar-refractivity contribution in [2.24, 2.45) is 10.7 Å². The van der Waals surface area contributed by atoms with Gasteiger partial charge in [-0.25, -0.2) is 0 Å². The molecule has 5 heteroatoms. The number of benzene rings is 1. The molecule has 1 aromatic carbocycles. The topological polar surface area (TPSA) is 41.6 Å². The lowest BCUT2D eigenvalue weighted by molar-refractivity contribution is 0.171. The van der Waals surface area contributed by atoms with Gasteiger partial charge in [-0.15, -0.1) is 0 Å². The molecular weight excluding hydrogens is 281 g/mol. The Bertz CT molecular complexity index is 515. The van der Waals surface area contributed by atoms with E-state index in [-0.39, 0.29) is 5.54 Å². The summed E-state index contributed by atoms with van der Waals surface area (Å²) in [5.74, 6) is 0.577. The third-order valence-electron chi connectivity index (χ3n) is 3.89. The zero-order chi connectivity index (χ0) is 14.2. The van der Waals surface area contributed by atoms with Gasteiger partial charge in [0.1, 0.15) is 0 Å². The summed E-state index contributed by atoms with van der Waals surface area (Å²) in [6.45, 7) is 6.99. The molecule has 0 spiro atoms. The smallest absolute Gasteiger partial charge is 0.192 e. The lowest BCUT2D eigenvalue weighted by Crippen LogP contribution is -2.51. The number of hydrogen-bond acceptors (Lipinski definition) is 3. The first-order valence-electron chi connectivity index (χ1n) is 6.45. The molecule has 3 nitrogen and oxygen atoms in total. The summed E-state index contributed by atoms with van der Waals surface area (Å²) in [4.78, 5) is 6.55. The molecular formula is C14H19Cl2N3. The molecule has 1 aromatic rings. The molecule has 0 saturated carbocycles. The number of halogens is 2. The summed E-state index contributed by atoms with van der Waals surface area (Å²) in [5.41, 5.74) is 6.70. The minimum atomic E-state index is -0.332. The van der Waals surface area contributed by atoms with E-state index in [0.717, 1.165) is 12.0 Å². The average molecular weight is 300 g/mol. The quantitative estimate of drug-likeness (QED) is 0.926. The van der Waals surface area contributed by atoms with E-state index in [1.165, 1.54) is 0 Å². The van der Waals surface area contributed by atoms with Crippen LogP contribution in [-0.4, -0.2) is 23.4 Å². The lowest BCUT2D eigenvalue weighted by Gasteiger charge is -2.41. The van der Waals surface area contributed by atoms with E-state index in [9.17, 15) is 0 Å². The first-order chi connectivity index (χ1) is 8.91. The second kappa shape index (κ2) is 5.22. The highest BCUT2D eigenvalue weighted by atomic mass is 35.5. The normalized spacial score (nSPS) is 24.5. The van der Waals surface area contributed by atoms with Crippen molar-refractivity contribution in [3.63, 3.8) is 0 Å². The van der Waals surface area contributed by atoms with Crippen LogP contribution in [0.5, 0.6) is 0 Å². The molecule has 2 atom stereocenters.